The zero-order chi connectivity index (χ0) is 13.2. The largest absolute Gasteiger partial charge is 0.388 e. The Kier molecular flexibility index (Phi) is 2.97. The third-order valence-corrected chi connectivity index (χ3v) is 3.03. The fourth-order valence-corrected chi connectivity index (χ4v) is 2.11. The van der Waals surface area contributed by atoms with Crippen LogP contribution in [0.2, 0.25) is 0 Å². The fourth-order valence-electron chi connectivity index (χ4n) is 2.11. The summed E-state index contributed by atoms with van der Waals surface area (Å²) in [5.41, 5.74) is 2.19. The first kappa shape index (κ1) is 11.8. The molecule has 2 heterocycles. The van der Waals surface area contributed by atoms with Crippen molar-refractivity contribution in [1.29, 1.82) is 0 Å². The van der Waals surface area contributed by atoms with E-state index in [1.54, 1.807) is 41.4 Å². The number of hydrogen-bond acceptors (Lipinski definition) is 3. The summed E-state index contributed by atoms with van der Waals surface area (Å²) in [7, 11) is 0. The normalized spacial score (nSPS) is 12.7. The van der Waals surface area contributed by atoms with Gasteiger partial charge in [-0.25, -0.2) is 8.91 Å². The van der Waals surface area contributed by atoms with Gasteiger partial charge in [0.05, 0.1) is 24.0 Å². The number of aliphatic hydroxyl groups is 1. The van der Waals surface area contributed by atoms with Crippen molar-refractivity contribution in [2.24, 2.45) is 0 Å². The number of aromatic nitrogens is 3. The third kappa shape index (κ3) is 2.32. The molecule has 1 atom stereocenters. The molecule has 3 rings (SSSR count). The molecule has 0 aliphatic heterocycles. The van der Waals surface area contributed by atoms with E-state index < -0.39 is 6.10 Å². The van der Waals surface area contributed by atoms with Gasteiger partial charge in [-0.05, 0) is 17.7 Å². The number of fused-ring (bicyclic) bond motifs is 1. The molecule has 1 unspecified atom stereocenters. The predicted molar refractivity (Wildman–Crippen MR) is 68.1 cm³/mol. The molecule has 4 nitrogen and oxygen atoms in total. The molecule has 19 heavy (non-hydrogen) atoms. The third-order valence-electron chi connectivity index (χ3n) is 3.03. The first-order chi connectivity index (χ1) is 9.24. The predicted octanol–water partition coefficient (Wildman–Crippen LogP) is 2.14. The van der Waals surface area contributed by atoms with E-state index in [0.717, 1.165) is 11.1 Å². The molecule has 0 spiro atoms. The number of benzene rings is 1. The monoisotopic (exact) mass is 257 g/mol. The van der Waals surface area contributed by atoms with Gasteiger partial charge in [-0.3, -0.25) is 4.98 Å². The maximum absolute atomic E-state index is 13.1. The van der Waals surface area contributed by atoms with Crippen LogP contribution in [0, 0.1) is 5.82 Å². The van der Waals surface area contributed by atoms with Gasteiger partial charge in [-0.15, -0.1) is 0 Å². The van der Waals surface area contributed by atoms with E-state index in [2.05, 4.69) is 10.1 Å². The van der Waals surface area contributed by atoms with Crippen LogP contribution in [-0.2, 0) is 6.42 Å². The van der Waals surface area contributed by atoms with E-state index in [0.29, 0.717) is 12.0 Å². The lowest BCUT2D eigenvalue weighted by molar-refractivity contribution is 0.180. The minimum absolute atomic E-state index is 0.300. The highest BCUT2D eigenvalue weighted by Gasteiger charge is 2.14. The van der Waals surface area contributed by atoms with Crippen molar-refractivity contribution < 1.29 is 9.50 Å². The van der Waals surface area contributed by atoms with Crippen LogP contribution in [-0.4, -0.2) is 19.7 Å². The van der Waals surface area contributed by atoms with E-state index in [-0.39, 0.29) is 5.82 Å². The minimum atomic E-state index is -0.733. The van der Waals surface area contributed by atoms with Gasteiger partial charge in [-0.2, -0.15) is 5.10 Å². The standard InChI is InChI=1S/C14H12FN3O/c15-11-3-1-2-10(6-11)7-14(19)12-8-17-18-5-4-16-9-13(12)18/h1-6,8-9,14,19H,7H2. The van der Waals surface area contributed by atoms with Gasteiger partial charge in [0.1, 0.15) is 5.82 Å². The van der Waals surface area contributed by atoms with Gasteiger partial charge in [0.15, 0.2) is 0 Å². The molecule has 0 saturated heterocycles. The molecule has 96 valence electrons. The van der Waals surface area contributed by atoms with Gasteiger partial charge >= 0.3 is 0 Å². The summed E-state index contributed by atoms with van der Waals surface area (Å²) in [5, 5.41) is 14.4. The van der Waals surface area contributed by atoms with Gasteiger partial charge in [0.2, 0.25) is 0 Å². The zero-order valence-corrected chi connectivity index (χ0v) is 10.1. The molecule has 0 fully saturated rings. The molecule has 0 bridgehead atoms. The summed E-state index contributed by atoms with van der Waals surface area (Å²) < 4.78 is 14.8. The molecule has 1 N–H and O–H groups in total. The van der Waals surface area contributed by atoms with Crippen LogP contribution in [0.25, 0.3) is 5.52 Å². The Labute approximate surface area is 109 Å². The Balaban J connectivity index is 1.90. The maximum Gasteiger partial charge on any atom is 0.123 e. The van der Waals surface area contributed by atoms with E-state index >= 15 is 0 Å². The maximum atomic E-state index is 13.1. The lowest BCUT2D eigenvalue weighted by atomic mass is 10.0. The van der Waals surface area contributed by atoms with Crippen molar-refractivity contribution in [2.75, 3.05) is 0 Å². The van der Waals surface area contributed by atoms with E-state index in [1.807, 2.05) is 0 Å². The highest BCUT2D eigenvalue weighted by atomic mass is 19.1. The minimum Gasteiger partial charge on any atom is -0.388 e. The van der Waals surface area contributed by atoms with Crippen molar-refractivity contribution >= 4 is 5.52 Å². The summed E-state index contributed by atoms with van der Waals surface area (Å²) in [6.45, 7) is 0. The van der Waals surface area contributed by atoms with Crippen LogP contribution >= 0.6 is 0 Å². The Morgan fingerprint density at radius 3 is 3.05 bits per heavy atom. The van der Waals surface area contributed by atoms with Crippen LogP contribution in [0.1, 0.15) is 17.2 Å². The number of halogens is 1. The Morgan fingerprint density at radius 2 is 2.21 bits per heavy atom. The number of nitrogens with zero attached hydrogens (tertiary/aromatic N) is 3. The van der Waals surface area contributed by atoms with Crippen molar-refractivity contribution in [1.82, 2.24) is 14.6 Å². The lowest BCUT2D eigenvalue weighted by Crippen LogP contribution is -2.02. The Morgan fingerprint density at radius 1 is 1.32 bits per heavy atom. The smallest absolute Gasteiger partial charge is 0.123 e. The average molecular weight is 257 g/mol. The van der Waals surface area contributed by atoms with Crippen molar-refractivity contribution in [3.63, 3.8) is 0 Å². The molecule has 0 aliphatic carbocycles. The molecule has 1 aromatic carbocycles. The molecule has 5 heteroatoms. The summed E-state index contributed by atoms with van der Waals surface area (Å²) in [4.78, 5) is 4.02. The van der Waals surface area contributed by atoms with Crippen LogP contribution in [0.3, 0.4) is 0 Å². The fraction of sp³-hybridized carbons (Fsp3) is 0.143. The van der Waals surface area contributed by atoms with Gasteiger partial charge in [-0.1, -0.05) is 12.1 Å². The molecule has 0 amide bonds. The quantitative estimate of drug-likeness (QED) is 0.782. The molecule has 0 radical (unpaired) electrons. The Hall–Kier alpha value is -2.27. The second-order valence-corrected chi connectivity index (χ2v) is 4.36. The van der Waals surface area contributed by atoms with E-state index in [4.69, 9.17) is 0 Å². The topological polar surface area (TPSA) is 50.4 Å². The van der Waals surface area contributed by atoms with Crippen molar-refractivity contribution in [3.8, 4) is 0 Å². The lowest BCUT2D eigenvalue weighted by Gasteiger charge is -2.09. The molecule has 2 aromatic heterocycles. The molecule has 0 saturated carbocycles. The van der Waals surface area contributed by atoms with Crippen LogP contribution in [0.4, 0.5) is 4.39 Å². The number of rotatable bonds is 3. The summed E-state index contributed by atoms with van der Waals surface area (Å²) in [5.74, 6) is -0.300. The number of hydrogen-bond donors (Lipinski definition) is 1. The second-order valence-electron chi connectivity index (χ2n) is 4.36. The molecular formula is C14H12FN3O. The van der Waals surface area contributed by atoms with E-state index in [1.165, 1.54) is 12.1 Å². The van der Waals surface area contributed by atoms with Crippen molar-refractivity contribution in [3.05, 3.63) is 66.0 Å². The van der Waals surface area contributed by atoms with Crippen molar-refractivity contribution in [2.45, 2.75) is 12.5 Å². The second kappa shape index (κ2) is 4.78. The summed E-state index contributed by atoms with van der Waals surface area (Å²) >= 11 is 0. The highest BCUT2D eigenvalue weighted by Crippen LogP contribution is 2.22. The van der Waals surface area contributed by atoms with Crippen LogP contribution in [0.5, 0.6) is 0 Å². The first-order valence-corrected chi connectivity index (χ1v) is 5.94. The summed E-state index contributed by atoms with van der Waals surface area (Å²) in [6, 6.07) is 6.23. The average Bonchev–Trinajstić information content (AvgIpc) is 2.82. The summed E-state index contributed by atoms with van der Waals surface area (Å²) in [6.07, 6.45) is 6.21. The molecule has 3 aromatic rings. The number of aliphatic hydroxyl groups excluding tert-OH is 1. The van der Waals surface area contributed by atoms with Crippen LogP contribution < -0.4 is 0 Å². The molecular weight excluding hydrogens is 245 g/mol. The van der Waals surface area contributed by atoms with Gasteiger partial charge < -0.3 is 5.11 Å². The van der Waals surface area contributed by atoms with Gasteiger partial charge in [0.25, 0.3) is 0 Å². The Bertz CT molecular complexity index is 710. The first-order valence-electron chi connectivity index (χ1n) is 5.94. The SMILES string of the molecule is OC(Cc1cccc(F)c1)c1cnn2ccncc12. The highest BCUT2D eigenvalue weighted by molar-refractivity contribution is 5.52. The van der Waals surface area contributed by atoms with E-state index in [9.17, 15) is 9.50 Å². The zero-order valence-electron chi connectivity index (χ0n) is 10.1. The van der Waals surface area contributed by atoms with Crippen LogP contribution in [0.15, 0.2) is 49.1 Å². The molecule has 0 aliphatic rings. The van der Waals surface area contributed by atoms with Gasteiger partial charge in [0, 0.05) is 24.4 Å².